The number of carbonyl (C=O) groups is 5. The number of unbranched alkanes of at least 4 members (excludes halogenated alkanes) is 16. The zero-order valence-corrected chi connectivity index (χ0v) is 31.3. The molecule has 0 aliphatic heterocycles. The Morgan fingerprint density at radius 1 is 0.706 bits per heavy atom. The zero-order chi connectivity index (χ0) is 38.9. The Morgan fingerprint density at radius 2 is 1.12 bits per heavy atom. The number of rotatable bonds is 31. The van der Waals surface area contributed by atoms with Crippen molar-refractivity contribution in [2.24, 2.45) is 5.73 Å². The minimum Gasteiger partial charge on any atom is -0.480 e. The van der Waals surface area contributed by atoms with Crippen LogP contribution in [0.25, 0.3) is 0 Å². The predicted molar refractivity (Wildman–Crippen MR) is 190 cm³/mol. The van der Waals surface area contributed by atoms with E-state index in [0.717, 1.165) is 38.5 Å². The molecular formula is C35H63F3N2O10S. The smallest absolute Gasteiger partial charge is 0.480 e. The number of halogens is 3. The number of aliphatic hydroxyl groups is 1. The molecule has 0 aromatic carbocycles. The van der Waals surface area contributed by atoms with Crippen LogP contribution in [0.3, 0.4) is 0 Å². The molecule has 3 unspecified atom stereocenters. The van der Waals surface area contributed by atoms with Gasteiger partial charge in [0.15, 0.2) is 0 Å². The van der Waals surface area contributed by atoms with Gasteiger partial charge in [-0.1, -0.05) is 117 Å². The van der Waals surface area contributed by atoms with E-state index < -0.39 is 48.8 Å². The molecule has 0 aliphatic carbocycles. The summed E-state index contributed by atoms with van der Waals surface area (Å²) < 4.78 is 42.8. The van der Waals surface area contributed by atoms with Crippen molar-refractivity contribution < 1.29 is 61.9 Å². The van der Waals surface area contributed by atoms with Gasteiger partial charge in [-0.15, -0.1) is 0 Å². The van der Waals surface area contributed by atoms with Gasteiger partial charge in [0, 0.05) is 24.3 Å². The SMILES string of the molecule is CCCCCCCCCCCC(=O)OCC(CSCC(N)C(=O)NC(CO)C(=O)O)OC(=O)CCCCCCCCCCC.O=C(O)C(F)(F)F. The number of ether oxygens (including phenoxy) is 2. The number of carboxylic acids is 2. The lowest BCUT2D eigenvalue weighted by molar-refractivity contribution is -0.192. The number of carboxylic acid groups (broad SMARTS) is 2. The number of hydrogen-bond donors (Lipinski definition) is 5. The highest BCUT2D eigenvalue weighted by Crippen LogP contribution is 2.15. The highest BCUT2D eigenvalue weighted by molar-refractivity contribution is 7.99. The van der Waals surface area contributed by atoms with E-state index in [1.807, 2.05) is 0 Å². The van der Waals surface area contributed by atoms with E-state index in [-0.39, 0.29) is 30.1 Å². The summed E-state index contributed by atoms with van der Waals surface area (Å²) in [4.78, 5) is 57.0. The number of nitrogens with one attached hydrogen (secondary N) is 1. The van der Waals surface area contributed by atoms with Gasteiger partial charge in [0.1, 0.15) is 18.8 Å². The number of thioether (sulfide) groups is 1. The van der Waals surface area contributed by atoms with Crippen LogP contribution in [0.4, 0.5) is 13.2 Å². The van der Waals surface area contributed by atoms with Gasteiger partial charge in [0.05, 0.1) is 12.6 Å². The van der Waals surface area contributed by atoms with Crippen molar-refractivity contribution in [2.75, 3.05) is 24.7 Å². The molecule has 1 amide bonds. The van der Waals surface area contributed by atoms with Crippen LogP contribution in [0.1, 0.15) is 142 Å². The number of nitrogens with two attached hydrogens (primary N) is 1. The highest BCUT2D eigenvalue weighted by atomic mass is 32.2. The lowest BCUT2D eigenvalue weighted by Gasteiger charge is -2.19. The Hall–Kier alpha value is -2.59. The molecule has 0 aromatic heterocycles. The van der Waals surface area contributed by atoms with Crippen LogP contribution < -0.4 is 11.1 Å². The normalized spacial score (nSPS) is 12.9. The second-order valence-electron chi connectivity index (χ2n) is 12.5. The van der Waals surface area contributed by atoms with Crippen molar-refractivity contribution in [3.63, 3.8) is 0 Å². The van der Waals surface area contributed by atoms with E-state index in [0.29, 0.717) is 12.8 Å². The first-order valence-electron chi connectivity index (χ1n) is 18.3. The topological polar surface area (TPSA) is 203 Å². The van der Waals surface area contributed by atoms with Gasteiger partial charge in [-0.25, -0.2) is 9.59 Å². The number of aliphatic hydroxyl groups excluding tert-OH is 1. The maximum Gasteiger partial charge on any atom is 0.490 e. The molecule has 0 heterocycles. The molecule has 0 rings (SSSR count). The summed E-state index contributed by atoms with van der Waals surface area (Å²) in [6.45, 7) is 3.60. The van der Waals surface area contributed by atoms with Crippen LogP contribution in [-0.2, 0) is 33.4 Å². The van der Waals surface area contributed by atoms with Gasteiger partial charge in [0.2, 0.25) is 5.91 Å². The molecule has 6 N–H and O–H groups in total. The third-order valence-electron chi connectivity index (χ3n) is 7.67. The Labute approximate surface area is 305 Å². The first-order valence-corrected chi connectivity index (χ1v) is 19.5. The maximum atomic E-state index is 12.5. The fraction of sp³-hybridized carbons (Fsp3) is 0.857. The lowest BCUT2D eigenvalue weighted by Crippen LogP contribution is -2.50. The number of carbonyl (C=O) groups excluding carboxylic acids is 3. The van der Waals surface area contributed by atoms with Crippen molar-refractivity contribution in [1.29, 1.82) is 0 Å². The molecule has 0 aliphatic rings. The fourth-order valence-corrected chi connectivity index (χ4v) is 5.61. The molecule has 0 saturated heterocycles. The molecule has 300 valence electrons. The van der Waals surface area contributed by atoms with Gasteiger partial charge < -0.3 is 35.8 Å². The Bertz CT molecular complexity index is 944. The molecule has 0 saturated carbocycles. The molecule has 0 spiro atoms. The Morgan fingerprint density at radius 3 is 1.51 bits per heavy atom. The average Bonchev–Trinajstić information content (AvgIpc) is 3.07. The van der Waals surface area contributed by atoms with E-state index in [4.69, 9.17) is 35.3 Å². The summed E-state index contributed by atoms with van der Waals surface area (Å²) in [7, 11) is 0. The second kappa shape index (κ2) is 33.3. The quantitative estimate of drug-likeness (QED) is 0.0378. The summed E-state index contributed by atoms with van der Waals surface area (Å²) in [5, 5.41) is 27.4. The molecule has 0 fully saturated rings. The van der Waals surface area contributed by atoms with Crippen molar-refractivity contribution in [3.05, 3.63) is 0 Å². The van der Waals surface area contributed by atoms with E-state index in [2.05, 4.69) is 19.2 Å². The maximum absolute atomic E-state index is 12.5. The van der Waals surface area contributed by atoms with E-state index in [1.165, 1.54) is 88.8 Å². The van der Waals surface area contributed by atoms with Crippen LogP contribution in [0.15, 0.2) is 0 Å². The van der Waals surface area contributed by atoms with Crippen molar-refractivity contribution in [1.82, 2.24) is 5.32 Å². The van der Waals surface area contributed by atoms with Crippen LogP contribution in [0, 0.1) is 0 Å². The Balaban J connectivity index is 0. The summed E-state index contributed by atoms with van der Waals surface area (Å²) in [6, 6.07) is -2.46. The molecule has 16 heteroatoms. The second-order valence-corrected chi connectivity index (χ2v) is 13.6. The lowest BCUT2D eigenvalue weighted by atomic mass is 10.1. The minimum atomic E-state index is -5.08. The molecule has 51 heavy (non-hydrogen) atoms. The van der Waals surface area contributed by atoms with Gasteiger partial charge in [-0.2, -0.15) is 24.9 Å². The highest BCUT2D eigenvalue weighted by Gasteiger charge is 2.38. The molecule has 0 bridgehead atoms. The largest absolute Gasteiger partial charge is 0.490 e. The van der Waals surface area contributed by atoms with E-state index in [9.17, 15) is 32.3 Å². The molecular weight excluding hydrogens is 697 g/mol. The number of aliphatic carboxylic acids is 2. The van der Waals surface area contributed by atoms with Gasteiger partial charge in [-0.05, 0) is 12.8 Å². The van der Waals surface area contributed by atoms with Gasteiger partial charge >= 0.3 is 30.1 Å². The number of hydrogen-bond acceptors (Lipinski definition) is 10. The monoisotopic (exact) mass is 760 g/mol. The summed E-state index contributed by atoms with van der Waals surface area (Å²) in [6.07, 6.45) is 15.5. The van der Waals surface area contributed by atoms with E-state index in [1.54, 1.807) is 0 Å². The zero-order valence-electron chi connectivity index (χ0n) is 30.5. The summed E-state index contributed by atoms with van der Waals surface area (Å²) in [5.74, 6) is -5.09. The van der Waals surface area contributed by atoms with Gasteiger partial charge in [0.25, 0.3) is 0 Å². The standard InChI is InChI=1S/C33H62N2O8S.C2HF3O2/c1-3-5-7-9-11-13-15-17-19-21-30(37)42-24-27(25-44-26-28(34)32(39)35-29(23-36)33(40)41)43-31(38)22-20-18-16-14-12-10-8-6-4-2;3-2(4,5)1(6)7/h27-29,36H,3-26,34H2,1-2H3,(H,35,39)(H,40,41);(H,6,7). The van der Waals surface area contributed by atoms with Crippen LogP contribution in [0.5, 0.6) is 0 Å². The average molecular weight is 761 g/mol. The van der Waals surface area contributed by atoms with Crippen molar-refractivity contribution in [3.8, 4) is 0 Å². The van der Waals surface area contributed by atoms with Gasteiger partial charge in [-0.3, -0.25) is 14.4 Å². The summed E-state index contributed by atoms with van der Waals surface area (Å²) in [5.41, 5.74) is 5.89. The number of amides is 1. The van der Waals surface area contributed by atoms with Crippen molar-refractivity contribution >= 4 is 41.5 Å². The number of esters is 2. The Kier molecular flexibility index (Phi) is 32.9. The first-order chi connectivity index (χ1) is 24.2. The number of alkyl halides is 3. The predicted octanol–water partition coefficient (Wildman–Crippen LogP) is 6.54. The van der Waals surface area contributed by atoms with Crippen LogP contribution in [-0.4, -0.2) is 94.2 Å². The third-order valence-corrected chi connectivity index (χ3v) is 8.88. The minimum absolute atomic E-state index is 0.0696. The molecule has 0 aromatic rings. The molecule has 12 nitrogen and oxygen atoms in total. The molecule has 3 atom stereocenters. The molecule has 0 radical (unpaired) electrons. The first kappa shape index (κ1) is 50.5. The van der Waals surface area contributed by atoms with Crippen molar-refractivity contribution in [2.45, 2.75) is 167 Å². The van der Waals surface area contributed by atoms with Crippen LogP contribution >= 0.6 is 11.8 Å². The third kappa shape index (κ3) is 33.0. The van der Waals surface area contributed by atoms with E-state index >= 15 is 0 Å². The fourth-order valence-electron chi connectivity index (χ4n) is 4.65. The van der Waals surface area contributed by atoms with Crippen LogP contribution in [0.2, 0.25) is 0 Å². The summed E-state index contributed by atoms with van der Waals surface area (Å²) >= 11 is 1.25.